The van der Waals surface area contributed by atoms with Crippen LogP contribution in [0, 0.1) is 0 Å². The van der Waals surface area contributed by atoms with Crippen molar-refractivity contribution < 1.29 is 33.4 Å². The van der Waals surface area contributed by atoms with Crippen LogP contribution in [-0.4, -0.2) is 133 Å². The zero-order chi connectivity index (χ0) is 31.9. The Kier molecular flexibility index (Phi) is 11.3. The van der Waals surface area contributed by atoms with Crippen molar-refractivity contribution in [1.29, 1.82) is 0 Å². The molecule has 4 N–H and O–H groups in total. The second kappa shape index (κ2) is 14.9. The highest BCUT2D eigenvalue weighted by atomic mass is 16.6. The Morgan fingerprint density at radius 2 is 1.77 bits per heavy atom. The van der Waals surface area contributed by atoms with Crippen LogP contribution in [0.3, 0.4) is 0 Å². The van der Waals surface area contributed by atoms with E-state index in [1.54, 1.807) is 39.0 Å². The highest BCUT2D eigenvalue weighted by molar-refractivity contribution is 6.07. The van der Waals surface area contributed by atoms with Crippen LogP contribution in [0.25, 0.3) is 0 Å². The minimum absolute atomic E-state index is 0.114. The zero-order valence-electron chi connectivity index (χ0n) is 25.9. The normalized spacial score (nSPS) is 19.5. The van der Waals surface area contributed by atoms with E-state index in [4.69, 9.17) is 15.2 Å². The number of fused-ring (bicyclic) bond motifs is 1. The largest absolute Gasteiger partial charge is 0.444 e. The maximum Gasteiger partial charge on any atom is 0.410 e. The number of benzene rings is 1. The number of nitrogens with one attached hydrogen (secondary N) is 2. The molecule has 14 nitrogen and oxygen atoms in total. The van der Waals surface area contributed by atoms with Crippen LogP contribution in [0.15, 0.2) is 18.2 Å². The molecule has 0 saturated carbocycles. The van der Waals surface area contributed by atoms with Crippen molar-refractivity contribution in [3.63, 3.8) is 0 Å². The van der Waals surface area contributed by atoms with E-state index in [0.29, 0.717) is 30.0 Å². The number of carbonyl (C=O) groups excluding carboxylic acids is 5. The van der Waals surface area contributed by atoms with Crippen LogP contribution < -0.4 is 16.4 Å². The summed E-state index contributed by atoms with van der Waals surface area (Å²) in [5.41, 5.74) is 6.27. The second-order valence-electron chi connectivity index (χ2n) is 12.3. The minimum atomic E-state index is -0.764. The maximum absolute atomic E-state index is 13.2. The van der Waals surface area contributed by atoms with Gasteiger partial charge >= 0.3 is 6.09 Å². The zero-order valence-corrected chi connectivity index (χ0v) is 25.9. The third-order valence-corrected chi connectivity index (χ3v) is 7.81. The quantitative estimate of drug-likeness (QED) is 0.219. The topological polar surface area (TPSA) is 167 Å². The van der Waals surface area contributed by atoms with Gasteiger partial charge in [0.25, 0.3) is 5.91 Å². The molecule has 0 bridgehead atoms. The second-order valence-corrected chi connectivity index (χ2v) is 12.3. The van der Waals surface area contributed by atoms with E-state index in [9.17, 15) is 24.0 Å². The van der Waals surface area contributed by atoms with Crippen LogP contribution in [0.5, 0.6) is 0 Å². The van der Waals surface area contributed by atoms with E-state index in [0.717, 1.165) is 39.3 Å². The molecule has 1 aromatic rings. The number of hydrogen-bond acceptors (Lipinski definition) is 10. The van der Waals surface area contributed by atoms with E-state index in [2.05, 4.69) is 20.4 Å². The number of hydrogen-bond donors (Lipinski definition) is 3. The van der Waals surface area contributed by atoms with Crippen molar-refractivity contribution in [2.45, 2.75) is 51.8 Å². The lowest BCUT2D eigenvalue weighted by Gasteiger charge is -2.34. The molecule has 44 heavy (non-hydrogen) atoms. The Morgan fingerprint density at radius 1 is 1.07 bits per heavy atom. The van der Waals surface area contributed by atoms with Crippen LogP contribution in [-0.2, 0) is 30.4 Å². The van der Waals surface area contributed by atoms with Gasteiger partial charge in [0, 0.05) is 82.1 Å². The summed E-state index contributed by atoms with van der Waals surface area (Å²) >= 11 is 0. The Bertz CT molecular complexity index is 1230. The SMILES string of the molecule is CC(C)(C)OC(=O)N(CCOCCN1CCN(CCN)CC1)CC(=O)Nc1cccc2c1CN(C1CCC(=O)NC1=O)C2=O. The van der Waals surface area contributed by atoms with Gasteiger partial charge in [-0.2, -0.15) is 0 Å². The number of carbonyl (C=O) groups is 5. The molecule has 0 spiro atoms. The molecule has 5 amide bonds. The third kappa shape index (κ3) is 8.97. The van der Waals surface area contributed by atoms with Crippen molar-refractivity contribution in [1.82, 2.24) is 24.9 Å². The van der Waals surface area contributed by atoms with Crippen molar-refractivity contribution in [3.05, 3.63) is 29.3 Å². The van der Waals surface area contributed by atoms with Gasteiger partial charge in [0.05, 0.1) is 13.2 Å². The number of piperazine rings is 1. The fraction of sp³-hybridized carbons (Fsp3) is 0.633. The predicted molar refractivity (Wildman–Crippen MR) is 162 cm³/mol. The van der Waals surface area contributed by atoms with E-state index in [-0.39, 0.29) is 50.9 Å². The van der Waals surface area contributed by atoms with Crippen molar-refractivity contribution in [3.8, 4) is 0 Å². The Hall–Kier alpha value is -3.59. The Morgan fingerprint density at radius 3 is 2.43 bits per heavy atom. The molecule has 242 valence electrons. The highest BCUT2D eigenvalue weighted by Gasteiger charge is 2.40. The first-order chi connectivity index (χ1) is 20.9. The third-order valence-electron chi connectivity index (χ3n) is 7.81. The number of nitrogens with zero attached hydrogens (tertiary/aromatic N) is 4. The number of imide groups is 1. The van der Waals surface area contributed by atoms with Gasteiger partial charge in [-0.05, 0) is 39.3 Å². The van der Waals surface area contributed by atoms with Crippen LogP contribution in [0.2, 0.25) is 0 Å². The predicted octanol–water partition coefficient (Wildman–Crippen LogP) is 0.216. The average molecular weight is 616 g/mol. The minimum Gasteiger partial charge on any atom is -0.444 e. The molecule has 3 heterocycles. The molecule has 1 unspecified atom stereocenters. The van der Waals surface area contributed by atoms with Gasteiger partial charge in [0.15, 0.2) is 0 Å². The molecule has 2 fully saturated rings. The fourth-order valence-corrected chi connectivity index (χ4v) is 5.52. The maximum atomic E-state index is 13.2. The Labute approximate surface area is 258 Å². The highest BCUT2D eigenvalue weighted by Crippen LogP contribution is 2.32. The number of nitrogens with two attached hydrogens (primary N) is 1. The molecule has 3 aliphatic heterocycles. The van der Waals surface area contributed by atoms with E-state index in [1.807, 2.05) is 0 Å². The lowest BCUT2D eigenvalue weighted by molar-refractivity contribution is -0.137. The summed E-state index contributed by atoms with van der Waals surface area (Å²) in [6.07, 6.45) is -0.245. The van der Waals surface area contributed by atoms with Gasteiger partial charge in [-0.15, -0.1) is 0 Å². The van der Waals surface area contributed by atoms with Gasteiger partial charge in [0.2, 0.25) is 17.7 Å². The number of anilines is 1. The summed E-state index contributed by atoms with van der Waals surface area (Å²) in [4.78, 5) is 70.7. The lowest BCUT2D eigenvalue weighted by atomic mass is 10.0. The van der Waals surface area contributed by atoms with E-state index >= 15 is 0 Å². The molecule has 14 heteroatoms. The first kappa shape index (κ1) is 33.3. The number of rotatable bonds is 12. The van der Waals surface area contributed by atoms with Gasteiger partial charge in [0.1, 0.15) is 18.2 Å². The fourth-order valence-electron chi connectivity index (χ4n) is 5.52. The molecule has 1 atom stereocenters. The summed E-state index contributed by atoms with van der Waals surface area (Å²) in [5, 5.41) is 5.12. The van der Waals surface area contributed by atoms with E-state index < -0.39 is 29.6 Å². The number of amides is 5. The molecule has 3 aliphatic rings. The molecule has 0 aliphatic carbocycles. The summed E-state index contributed by atoms with van der Waals surface area (Å²) in [5.74, 6) is -1.67. The van der Waals surface area contributed by atoms with Gasteiger partial charge in [-0.3, -0.25) is 39.2 Å². The van der Waals surface area contributed by atoms with Gasteiger partial charge in [-0.1, -0.05) is 6.07 Å². The lowest BCUT2D eigenvalue weighted by Crippen LogP contribution is -2.52. The summed E-state index contributed by atoms with van der Waals surface area (Å²) in [6.45, 7) is 12.2. The smallest absolute Gasteiger partial charge is 0.410 e. The van der Waals surface area contributed by atoms with E-state index in [1.165, 1.54) is 9.80 Å². The van der Waals surface area contributed by atoms with Crippen LogP contribution in [0.4, 0.5) is 10.5 Å². The number of piperidine rings is 1. The first-order valence-corrected chi connectivity index (χ1v) is 15.2. The van der Waals surface area contributed by atoms with Crippen LogP contribution in [0.1, 0.15) is 49.5 Å². The van der Waals surface area contributed by atoms with Crippen molar-refractivity contribution in [2.75, 3.05) is 77.4 Å². The monoisotopic (exact) mass is 615 g/mol. The molecule has 0 radical (unpaired) electrons. The summed E-state index contributed by atoms with van der Waals surface area (Å²) in [6, 6.07) is 4.20. The standard InChI is InChI=1S/C30H45N7O7/c1-30(2,3)44-29(42)36(16-18-43-17-15-35-13-11-34(10-9-31)12-14-35)20-26(39)32-23-6-4-5-21-22(23)19-37(28(21)41)24-7-8-25(38)33-27(24)40/h4-6,24H,7-20,31H2,1-3H3,(H,32,39)(H,33,38,40). The van der Waals surface area contributed by atoms with Crippen LogP contribution >= 0.6 is 0 Å². The molecular weight excluding hydrogens is 570 g/mol. The number of ether oxygens (including phenoxy) is 2. The van der Waals surface area contributed by atoms with Gasteiger partial charge in [-0.25, -0.2) is 4.79 Å². The molecule has 1 aromatic carbocycles. The van der Waals surface area contributed by atoms with Crippen molar-refractivity contribution >= 4 is 35.4 Å². The summed E-state index contributed by atoms with van der Waals surface area (Å²) < 4.78 is 11.4. The molecular formula is C30H45N7O7. The molecule has 4 rings (SSSR count). The average Bonchev–Trinajstić information content (AvgIpc) is 3.29. The molecule has 0 aromatic heterocycles. The Balaban J connectivity index is 1.32. The van der Waals surface area contributed by atoms with Gasteiger partial charge < -0.3 is 25.4 Å². The molecule has 2 saturated heterocycles. The first-order valence-electron chi connectivity index (χ1n) is 15.2. The summed E-state index contributed by atoms with van der Waals surface area (Å²) in [7, 11) is 0. The van der Waals surface area contributed by atoms with Crippen molar-refractivity contribution in [2.24, 2.45) is 5.73 Å².